The van der Waals surface area contributed by atoms with Gasteiger partial charge in [-0.05, 0) is 57.9 Å². The summed E-state index contributed by atoms with van der Waals surface area (Å²) in [5.74, 6) is -0.271. The number of anilines is 1. The average molecular weight is 251 g/mol. The first kappa shape index (κ1) is 12.9. The highest BCUT2D eigenvalue weighted by molar-refractivity contribution is 5.91. The molecule has 0 spiro atoms. The van der Waals surface area contributed by atoms with Crippen LogP contribution in [0.1, 0.15) is 33.3 Å². The van der Waals surface area contributed by atoms with Gasteiger partial charge in [0.25, 0.3) is 0 Å². The molecule has 1 aliphatic heterocycles. The Morgan fingerprint density at radius 1 is 1.44 bits per heavy atom. The minimum atomic E-state index is -0.528. The SMILES string of the molecule is C[C@@H]1Cc2cc(F)ccc2N1C(=O)OC(C)(C)C. The zero-order chi connectivity index (χ0) is 13.5. The Morgan fingerprint density at radius 2 is 2.11 bits per heavy atom. The van der Waals surface area contributed by atoms with E-state index in [0.29, 0.717) is 6.42 Å². The number of rotatable bonds is 0. The van der Waals surface area contributed by atoms with Crippen LogP contribution < -0.4 is 4.90 Å². The van der Waals surface area contributed by atoms with Crippen molar-refractivity contribution in [3.05, 3.63) is 29.6 Å². The van der Waals surface area contributed by atoms with Crippen LogP contribution in [0.25, 0.3) is 0 Å². The zero-order valence-corrected chi connectivity index (χ0v) is 11.2. The van der Waals surface area contributed by atoms with E-state index in [0.717, 1.165) is 11.3 Å². The lowest BCUT2D eigenvalue weighted by Gasteiger charge is -2.27. The normalized spacial score (nSPS) is 18.7. The number of ether oxygens (including phenoxy) is 1. The summed E-state index contributed by atoms with van der Waals surface area (Å²) < 4.78 is 18.5. The maximum absolute atomic E-state index is 13.2. The van der Waals surface area contributed by atoms with Gasteiger partial charge >= 0.3 is 6.09 Å². The van der Waals surface area contributed by atoms with E-state index in [9.17, 15) is 9.18 Å². The van der Waals surface area contributed by atoms with E-state index in [4.69, 9.17) is 4.74 Å². The molecule has 0 saturated heterocycles. The van der Waals surface area contributed by atoms with E-state index in [1.807, 2.05) is 27.7 Å². The van der Waals surface area contributed by atoms with Crippen molar-refractivity contribution >= 4 is 11.8 Å². The lowest BCUT2D eigenvalue weighted by molar-refractivity contribution is 0.0572. The van der Waals surface area contributed by atoms with Crippen LogP contribution in [0, 0.1) is 5.82 Å². The Morgan fingerprint density at radius 3 is 2.72 bits per heavy atom. The smallest absolute Gasteiger partial charge is 0.415 e. The topological polar surface area (TPSA) is 29.5 Å². The third-order valence-corrected chi connectivity index (χ3v) is 2.85. The predicted octanol–water partition coefficient (Wildman–Crippen LogP) is 3.51. The molecule has 1 heterocycles. The number of halogens is 1. The first-order valence-corrected chi connectivity index (χ1v) is 6.08. The van der Waals surface area contributed by atoms with Gasteiger partial charge in [0.15, 0.2) is 0 Å². The second-order valence-electron chi connectivity index (χ2n) is 5.68. The first-order valence-electron chi connectivity index (χ1n) is 6.08. The number of fused-ring (bicyclic) bond motifs is 1. The third kappa shape index (κ3) is 2.47. The Bertz CT molecular complexity index is 479. The summed E-state index contributed by atoms with van der Waals surface area (Å²) in [7, 11) is 0. The summed E-state index contributed by atoms with van der Waals surface area (Å²) in [4.78, 5) is 13.7. The molecule has 0 aliphatic carbocycles. The Labute approximate surface area is 107 Å². The number of benzene rings is 1. The maximum Gasteiger partial charge on any atom is 0.415 e. The molecule has 98 valence electrons. The van der Waals surface area contributed by atoms with Crippen molar-refractivity contribution in [2.75, 3.05) is 4.90 Å². The summed E-state index contributed by atoms with van der Waals surface area (Å²) in [6.45, 7) is 7.42. The van der Waals surface area contributed by atoms with Crippen molar-refractivity contribution in [3.63, 3.8) is 0 Å². The number of carbonyl (C=O) groups excluding carboxylic acids is 1. The van der Waals surface area contributed by atoms with Crippen LogP contribution >= 0.6 is 0 Å². The van der Waals surface area contributed by atoms with Crippen molar-refractivity contribution in [2.45, 2.75) is 45.8 Å². The van der Waals surface area contributed by atoms with Crippen LogP contribution in [0.3, 0.4) is 0 Å². The molecule has 2 rings (SSSR count). The summed E-state index contributed by atoms with van der Waals surface area (Å²) >= 11 is 0. The molecule has 1 amide bonds. The molecule has 4 heteroatoms. The molecule has 0 fully saturated rings. The van der Waals surface area contributed by atoms with Crippen LogP contribution in [0.15, 0.2) is 18.2 Å². The first-order chi connectivity index (χ1) is 8.28. The van der Waals surface area contributed by atoms with Crippen molar-refractivity contribution in [1.29, 1.82) is 0 Å². The quantitative estimate of drug-likeness (QED) is 0.706. The minimum absolute atomic E-state index is 0.00310. The molecule has 3 nitrogen and oxygen atoms in total. The Balaban J connectivity index is 2.28. The Kier molecular flexibility index (Phi) is 3.05. The summed E-state index contributed by atoms with van der Waals surface area (Å²) in [6.07, 6.45) is 0.284. The maximum atomic E-state index is 13.2. The van der Waals surface area contributed by atoms with Gasteiger partial charge < -0.3 is 4.74 Å². The molecule has 1 aromatic rings. The lowest BCUT2D eigenvalue weighted by Crippen LogP contribution is -2.40. The van der Waals surface area contributed by atoms with Crippen molar-refractivity contribution in [2.24, 2.45) is 0 Å². The standard InChI is InChI=1S/C14H18FNO2/c1-9-7-10-8-11(15)5-6-12(10)16(9)13(17)18-14(2,3)4/h5-6,8-9H,7H2,1-4H3/t9-/m1/s1. The third-order valence-electron chi connectivity index (χ3n) is 2.85. The summed E-state index contributed by atoms with van der Waals surface area (Å²) in [5.41, 5.74) is 1.08. The molecule has 0 saturated carbocycles. The van der Waals surface area contributed by atoms with Gasteiger partial charge in [-0.2, -0.15) is 0 Å². The second kappa shape index (κ2) is 4.26. The molecule has 0 N–H and O–H groups in total. The fraction of sp³-hybridized carbons (Fsp3) is 0.500. The Hall–Kier alpha value is -1.58. The number of nitrogens with zero attached hydrogens (tertiary/aromatic N) is 1. The highest BCUT2D eigenvalue weighted by Gasteiger charge is 2.34. The highest BCUT2D eigenvalue weighted by Crippen LogP contribution is 2.33. The number of carbonyl (C=O) groups is 1. The summed E-state index contributed by atoms with van der Waals surface area (Å²) in [6, 6.07) is 4.49. The van der Waals surface area contributed by atoms with E-state index in [2.05, 4.69) is 0 Å². The molecule has 0 aromatic heterocycles. The molecule has 1 aromatic carbocycles. The molecular weight excluding hydrogens is 233 g/mol. The van der Waals surface area contributed by atoms with Crippen molar-refractivity contribution in [1.82, 2.24) is 0 Å². The van der Waals surface area contributed by atoms with Crippen LogP contribution in [-0.4, -0.2) is 17.7 Å². The van der Waals surface area contributed by atoms with Crippen LogP contribution in [0.5, 0.6) is 0 Å². The average Bonchev–Trinajstić information content (AvgIpc) is 2.50. The zero-order valence-electron chi connectivity index (χ0n) is 11.2. The fourth-order valence-electron chi connectivity index (χ4n) is 2.19. The number of hydrogen-bond acceptors (Lipinski definition) is 2. The van der Waals surface area contributed by atoms with E-state index in [-0.39, 0.29) is 18.0 Å². The van der Waals surface area contributed by atoms with Gasteiger partial charge in [-0.15, -0.1) is 0 Å². The van der Waals surface area contributed by atoms with Gasteiger partial charge in [-0.3, -0.25) is 4.90 Å². The van der Waals surface area contributed by atoms with E-state index >= 15 is 0 Å². The molecule has 1 atom stereocenters. The van der Waals surface area contributed by atoms with Gasteiger partial charge in [-0.25, -0.2) is 9.18 Å². The number of amides is 1. The fourth-order valence-corrected chi connectivity index (χ4v) is 2.19. The molecule has 18 heavy (non-hydrogen) atoms. The van der Waals surface area contributed by atoms with Crippen LogP contribution in [0.2, 0.25) is 0 Å². The second-order valence-corrected chi connectivity index (χ2v) is 5.68. The van der Waals surface area contributed by atoms with Crippen molar-refractivity contribution in [3.8, 4) is 0 Å². The van der Waals surface area contributed by atoms with Crippen molar-refractivity contribution < 1.29 is 13.9 Å². The van der Waals surface area contributed by atoms with E-state index in [1.165, 1.54) is 12.1 Å². The van der Waals surface area contributed by atoms with Crippen LogP contribution in [0.4, 0.5) is 14.9 Å². The molecule has 0 unspecified atom stereocenters. The van der Waals surface area contributed by atoms with E-state index < -0.39 is 5.60 Å². The highest BCUT2D eigenvalue weighted by atomic mass is 19.1. The minimum Gasteiger partial charge on any atom is -0.443 e. The molecule has 0 bridgehead atoms. The van der Waals surface area contributed by atoms with E-state index in [1.54, 1.807) is 11.0 Å². The van der Waals surface area contributed by atoms with Gasteiger partial charge in [0.1, 0.15) is 11.4 Å². The molecule has 0 radical (unpaired) electrons. The lowest BCUT2D eigenvalue weighted by atomic mass is 10.1. The predicted molar refractivity (Wildman–Crippen MR) is 68.3 cm³/mol. The largest absolute Gasteiger partial charge is 0.443 e. The van der Waals surface area contributed by atoms with Gasteiger partial charge in [0, 0.05) is 6.04 Å². The van der Waals surface area contributed by atoms with Gasteiger partial charge in [-0.1, -0.05) is 0 Å². The van der Waals surface area contributed by atoms with Crippen LogP contribution in [-0.2, 0) is 11.2 Å². The monoisotopic (exact) mass is 251 g/mol. The van der Waals surface area contributed by atoms with Gasteiger partial charge in [0.2, 0.25) is 0 Å². The number of hydrogen-bond donors (Lipinski definition) is 0. The summed E-state index contributed by atoms with van der Waals surface area (Å²) in [5, 5.41) is 0. The molecular formula is C14H18FNO2. The molecule has 1 aliphatic rings. The van der Waals surface area contributed by atoms with Gasteiger partial charge in [0.05, 0.1) is 5.69 Å².